The fraction of sp³-hybridized carbons (Fsp3) is 0.333. The molecule has 0 amide bonds. The summed E-state index contributed by atoms with van der Waals surface area (Å²) in [7, 11) is 0. The third-order valence-corrected chi connectivity index (χ3v) is 3.66. The summed E-state index contributed by atoms with van der Waals surface area (Å²) >= 11 is 2.01. The maximum Gasteiger partial charge on any atom is 0.0137 e. The van der Waals surface area contributed by atoms with Gasteiger partial charge in [-0.15, -0.1) is 11.8 Å². The second-order valence-corrected chi connectivity index (χ2v) is 4.36. The average molecular weight is 190 g/mol. The molecule has 0 nitrogen and oxygen atoms in total. The molecular weight excluding hydrogens is 176 g/mol. The minimum absolute atomic E-state index is 1.21. The van der Waals surface area contributed by atoms with E-state index in [4.69, 9.17) is 0 Å². The molecule has 0 aliphatic carbocycles. The van der Waals surface area contributed by atoms with E-state index in [0.717, 1.165) is 0 Å². The first-order valence-corrected chi connectivity index (χ1v) is 5.80. The molecule has 68 valence electrons. The Balaban J connectivity index is 2.35. The van der Waals surface area contributed by atoms with E-state index >= 15 is 0 Å². The monoisotopic (exact) mass is 190 g/mol. The molecule has 1 heteroatoms. The van der Waals surface area contributed by atoms with Gasteiger partial charge in [-0.2, -0.15) is 0 Å². The molecule has 0 radical (unpaired) electrons. The Hall–Kier alpha value is -0.690. The fourth-order valence-electron chi connectivity index (χ4n) is 1.71. The van der Waals surface area contributed by atoms with Crippen LogP contribution in [-0.4, -0.2) is 5.75 Å². The molecule has 0 aromatic heterocycles. The molecule has 1 aromatic carbocycles. The Bertz CT molecular complexity index is 311. The molecule has 0 atom stereocenters. The minimum atomic E-state index is 1.21. The number of hydrogen-bond donors (Lipinski definition) is 0. The van der Waals surface area contributed by atoms with Gasteiger partial charge in [0.1, 0.15) is 0 Å². The van der Waals surface area contributed by atoms with Crippen molar-refractivity contribution < 1.29 is 0 Å². The quantitative estimate of drug-likeness (QED) is 0.680. The molecule has 2 rings (SSSR count). The molecule has 1 heterocycles. The summed E-state index contributed by atoms with van der Waals surface area (Å²) in [4.78, 5) is 1.53. The Labute approximate surface area is 84.0 Å². The van der Waals surface area contributed by atoms with Crippen molar-refractivity contribution in [3.63, 3.8) is 0 Å². The second kappa shape index (κ2) is 4.01. The lowest BCUT2D eigenvalue weighted by atomic mass is 10.1. The van der Waals surface area contributed by atoms with E-state index in [1.165, 1.54) is 29.1 Å². The van der Waals surface area contributed by atoms with Crippen molar-refractivity contribution in [2.75, 3.05) is 5.75 Å². The van der Waals surface area contributed by atoms with Crippen LogP contribution in [0.25, 0.3) is 4.91 Å². The lowest BCUT2D eigenvalue weighted by Gasteiger charge is -2.03. The number of hydrogen-bond acceptors (Lipinski definition) is 1. The first-order valence-electron chi connectivity index (χ1n) is 4.82. The second-order valence-electron chi connectivity index (χ2n) is 3.25. The SMILES string of the molecule is CCC1=C(c2ccccc2)SCC1. The Morgan fingerprint density at radius 1 is 1.23 bits per heavy atom. The van der Waals surface area contributed by atoms with Crippen LogP contribution in [0.15, 0.2) is 35.9 Å². The van der Waals surface area contributed by atoms with Crippen LogP contribution in [0.1, 0.15) is 25.3 Å². The van der Waals surface area contributed by atoms with E-state index in [-0.39, 0.29) is 0 Å². The normalized spacial score (nSPS) is 16.7. The Kier molecular flexibility index (Phi) is 2.74. The highest BCUT2D eigenvalue weighted by molar-refractivity contribution is 8.08. The molecular formula is C12H14S. The molecule has 1 aliphatic heterocycles. The molecule has 1 aliphatic rings. The molecule has 0 spiro atoms. The van der Waals surface area contributed by atoms with Gasteiger partial charge >= 0.3 is 0 Å². The van der Waals surface area contributed by atoms with Crippen molar-refractivity contribution in [2.45, 2.75) is 19.8 Å². The van der Waals surface area contributed by atoms with Crippen LogP contribution in [0.5, 0.6) is 0 Å². The van der Waals surface area contributed by atoms with Gasteiger partial charge in [0, 0.05) is 10.7 Å². The van der Waals surface area contributed by atoms with E-state index in [2.05, 4.69) is 37.3 Å². The molecule has 0 fully saturated rings. The topological polar surface area (TPSA) is 0 Å². The van der Waals surface area contributed by atoms with E-state index < -0.39 is 0 Å². The van der Waals surface area contributed by atoms with Gasteiger partial charge in [0.25, 0.3) is 0 Å². The fourth-order valence-corrected chi connectivity index (χ4v) is 3.01. The highest BCUT2D eigenvalue weighted by Crippen LogP contribution is 2.40. The predicted octanol–water partition coefficient (Wildman–Crippen LogP) is 3.94. The predicted molar refractivity (Wildman–Crippen MR) is 60.7 cm³/mol. The van der Waals surface area contributed by atoms with Crippen LogP contribution < -0.4 is 0 Å². The molecule has 0 saturated carbocycles. The summed E-state index contributed by atoms with van der Waals surface area (Å²) in [5.41, 5.74) is 3.04. The number of allylic oxidation sites excluding steroid dienone is 1. The average Bonchev–Trinajstić information content (AvgIpc) is 2.67. The first kappa shape index (κ1) is 8.89. The van der Waals surface area contributed by atoms with Crippen LogP contribution >= 0.6 is 11.8 Å². The standard InChI is InChI=1S/C12H14S/c1-2-10-8-9-13-12(10)11-6-4-3-5-7-11/h3-7H,2,8-9H2,1H3. The van der Waals surface area contributed by atoms with Crippen LogP contribution in [0.3, 0.4) is 0 Å². The van der Waals surface area contributed by atoms with Crippen molar-refractivity contribution >= 4 is 16.7 Å². The van der Waals surface area contributed by atoms with Crippen molar-refractivity contribution in [2.24, 2.45) is 0 Å². The summed E-state index contributed by atoms with van der Waals surface area (Å²) < 4.78 is 0. The molecule has 0 N–H and O–H groups in total. The summed E-state index contributed by atoms with van der Waals surface area (Å²) in [6.45, 7) is 2.25. The maximum absolute atomic E-state index is 2.25. The molecule has 1 aromatic rings. The third-order valence-electron chi connectivity index (χ3n) is 2.43. The summed E-state index contributed by atoms with van der Waals surface area (Å²) in [6, 6.07) is 10.7. The smallest absolute Gasteiger partial charge is 0.0137 e. The van der Waals surface area contributed by atoms with Gasteiger partial charge in [0.15, 0.2) is 0 Å². The largest absolute Gasteiger partial charge is 0.125 e. The lowest BCUT2D eigenvalue weighted by molar-refractivity contribution is 1.01. The van der Waals surface area contributed by atoms with Crippen LogP contribution in [-0.2, 0) is 0 Å². The van der Waals surface area contributed by atoms with E-state index in [1.807, 2.05) is 11.8 Å². The van der Waals surface area contributed by atoms with Gasteiger partial charge in [-0.3, -0.25) is 0 Å². The van der Waals surface area contributed by atoms with Crippen LogP contribution in [0.2, 0.25) is 0 Å². The Morgan fingerprint density at radius 2 is 2.00 bits per heavy atom. The summed E-state index contributed by atoms with van der Waals surface area (Å²) in [5, 5.41) is 0. The summed E-state index contributed by atoms with van der Waals surface area (Å²) in [6.07, 6.45) is 2.49. The van der Waals surface area contributed by atoms with Gasteiger partial charge in [-0.05, 0) is 18.4 Å². The molecule has 0 bridgehead atoms. The molecule has 13 heavy (non-hydrogen) atoms. The zero-order chi connectivity index (χ0) is 9.10. The van der Waals surface area contributed by atoms with Gasteiger partial charge in [0.05, 0.1) is 0 Å². The zero-order valence-corrected chi connectivity index (χ0v) is 8.73. The van der Waals surface area contributed by atoms with E-state index in [9.17, 15) is 0 Å². The molecule has 0 unspecified atom stereocenters. The van der Waals surface area contributed by atoms with Crippen molar-refractivity contribution in [1.82, 2.24) is 0 Å². The highest BCUT2D eigenvalue weighted by atomic mass is 32.2. The van der Waals surface area contributed by atoms with Crippen molar-refractivity contribution in [3.8, 4) is 0 Å². The number of rotatable bonds is 2. The van der Waals surface area contributed by atoms with E-state index in [0.29, 0.717) is 0 Å². The zero-order valence-electron chi connectivity index (χ0n) is 7.92. The van der Waals surface area contributed by atoms with Crippen molar-refractivity contribution in [3.05, 3.63) is 41.5 Å². The maximum atomic E-state index is 2.25. The highest BCUT2D eigenvalue weighted by Gasteiger charge is 2.14. The third kappa shape index (κ3) is 1.80. The van der Waals surface area contributed by atoms with Crippen LogP contribution in [0, 0.1) is 0 Å². The minimum Gasteiger partial charge on any atom is -0.125 e. The Morgan fingerprint density at radius 3 is 2.69 bits per heavy atom. The van der Waals surface area contributed by atoms with Gasteiger partial charge < -0.3 is 0 Å². The van der Waals surface area contributed by atoms with Gasteiger partial charge in [-0.25, -0.2) is 0 Å². The first-order chi connectivity index (χ1) is 6.42. The van der Waals surface area contributed by atoms with Gasteiger partial charge in [0.2, 0.25) is 0 Å². The van der Waals surface area contributed by atoms with Crippen molar-refractivity contribution in [1.29, 1.82) is 0 Å². The number of thioether (sulfide) groups is 1. The lowest BCUT2D eigenvalue weighted by Crippen LogP contribution is -1.80. The van der Waals surface area contributed by atoms with Crippen LogP contribution in [0.4, 0.5) is 0 Å². The van der Waals surface area contributed by atoms with Gasteiger partial charge in [-0.1, -0.05) is 42.8 Å². The van der Waals surface area contributed by atoms with E-state index in [1.54, 1.807) is 5.57 Å². The number of benzene rings is 1. The summed E-state index contributed by atoms with van der Waals surface area (Å²) in [5.74, 6) is 1.27. The molecule has 0 saturated heterocycles.